The van der Waals surface area contributed by atoms with Crippen LogP contribution >= 0.6 is 11.6 Å². The molecule has 0 bridgehead atoms. The lowest BCUT2D eigenvalue weighted by Crippen LogP contribution is -2.38. The number of hydrogen-bond donors (Lipinski definition) is 2. The first kappa shape index (κ1) is 15.8. The fourth-order valence-electron chi connectivity index (χ4n) is 2.41. The highest BCUT2D eigenvalue weighted by Gasteiger charge is 2.36. The normalized spacial score (nSPS) is 19.7. The molecule has 2 N–H and O–H groups in total. The van der Waals surface area contributed by atoms with Gasteiger partial charge < -0.3 is 15.3 Å². The Bertz CT molecular complexity index is 535. The molecule has 0 spiro atoms. The van der Waals surface area contributed by atoms with Crippen molar-refractivity contribution >= 4 is 29.1 Å². The number of para-hydroxylation sites is 1. The maximum Gasteiger partial charge on any atom is 0.227 e. The average molecular weight is 311 g/mol. The zero-order valence-corrected chi connectivity index (χ0v) is 12.6. The molecule has 5 nitrogen and oxygen atoms in total. The van der Waals surface area contributed by atoms with E-state index in [0.717, 1.165) is 0 Å². The molecular formula is C15H19ClN2O3. The molecule has 1 heterocycles. The minimum atomic E-state index is -0.380. The van der Waals surface area contributed by atoms with Crippen molar-refractivity contribution < 1.29 is 14.7 Å². The minimum absolute atomic E-state index is 0.0246. The summed E-state index contributed by atoms with van der Waals surface area (Å²) in [6, 6.07) is 7.00. The van der Waals surface area contributed by atoms with Crippen molar-refractivity contribution in [3.8, 4) is 0 Å². The number of amides is 2. The second kappa shape index (κ2) is 6.91. The molecule has 114 valence electrons. The lowest BCUT2D eigenvalue weighted by atomic mass is 10.1. The van der Waals surface area contributed by atoms with Crippen molar-refractivity contribution in [3.05, 3.63) is 29.3 Å². The van der Waals surface area contributed by atoms with Gasteiger partial charge in [-0.2, -0.15) is 0 Å². The Balaban J connectivity index is 2.03. The van der Waals surface area contributed by atoms with Crippen LogP contribution in [0.1, 0.15) is 19.8 Å². The number of carbonyl (C=O) groups is 2. The predicted octanol–water partition coefficient (Wildman–Crippen LogP) is 1.58. The van der Waals surface area contributed by atoms with Crippen molar-refractivity contribution in [2.45, 2.75) is 25.8 Å². The number of benzene rings is 1. The fourth-order valence-corrected chi connectivity index (χ4v) is 2.65. The van der Waals surface area contributed by atoms with Crippen LogP contribution < -0.4 is 10.2 Å². The molecule has 6 heteroatoms. The Morgan fingerprint density at radius 2 is 2.24 bits per heavy atom. The van der Waals surface area contributed by atoms with Crippen LogP contribution in [0.25, 0.3) is 0 Å². The van der Waals surface area contributed by atoms with Crippen LogP contribution in [-0.2, 0) is 9.59 Å². The van der Waals surface area contributed by atoms with Crippen LogP contribution in [0, 0.1) is 5.92 Å². The van der Waals surface area contributed by atoms with E-state index in [4.69, 9.17) is 16.7 Å². The standard InChI is InChI=1S/C15H19ClN2O3/c1-10(6-7-19)17-15(21)11-8-14(20)18(9-11)13-5-3-2-4-12(13)16/h2-5,10-11,19H,6-9H2,1H3,(H,17,21)/t10-,11?/m1/s1. The second-order valence-corrected chi connectivity index (χ2v) is 5.69. The summed E-state index contributed by atoms with van der Waals surface area (Å²) in [5, 5.41) is 12.2. The molecule has 0 radical (unpaired) electrons. The Kier molecular flexibility index (Phi) is 5.20. The van der Waals surface area contributed by atoms with Crippen molar-refractivity contribution in [3.63, 3.8) is 0 Å². The number of aliphatic hydroxyl groups excluding tert-OH is 1. The quantitative estimate of drug-likeness (QED) is 0.867. The van der Waals surface area contributed by atoms with E-state index in [1.54, 1.807) is 23.1 Å². The van der Waals surface area contributed by atoms with Gasteiger partial charge in [-0.1, -0.05) is 23.7 Å². The minimum Gasteiger partial charge on any atom is -0.396 e. The first-order valence-corrected chi connectivity index (χ1v) is 7.37. The third-order valence-corrected chi connectivity index (χ3v) is 3.91. The summed E-state index contributed by atoms with van der Waals surface area (Å²) in [5.74, 6) is -0.633. The third-order valence-electron chi connectivity index (χ3n) is 3.59. The smallest absolute Gasteiger partial charge is 0.227 e. The molecule has 1 aliphatic rings. The Morgan fingerprint density at radius 3 is 2.90 bits per heavy atom. The molecule has 1 aromatic carbocycles. The highest BCUT2D eigenvalue weighted by Crippen LogP contribution is 2.31. The molecule has 1 aromatic rings. The average Bonchev–Trinajstić information content (AvgIpc) is 2.81. The molecule has 1 saturated heterocycles. The Morgan fingerprint density at radius 1 is 1.52 bits per heavy atom. The lowest BCUT2D eigenvalue weighted by molar-refractivity contribution is -0.126. The number of nitrogens with zero attached hydrogens (tertiary/aromatic N) is 1. The zero-order valence-electron chi connectivity index (χ0n) is 11.9. The van der Waals surface area contributed by atoms with Crippen LogP contribution in [0.3, 0.4) is 0 Å². The molecule has 1 fully saturated rings. The first-order chi connectivity index (χ1) is 10.0. The molecule has 0 aromatic heterocycles. The molecule has 1 unspecified atom stereocenters. The van der Waals surface area contributed by atoms with E-state index in [2.05, 4.69) is 5.32 Å². The molecule has 21 heavy (non-hydrogen) atoms. The van der Waals surface area contributed by atoms with E-state index < -0.39 is 0 Å². The maximum absolute atomic E-state index is 12.1. The summed E-state index contributed by atoms with van der Waals surface area (Å²) in [4.78, 5) is 25.8. The summed E-state index contributed by atoms with van der Waals surface area (Å²) in [5.41, 5.74) is 0.642. The number of carbonyl (C=O) groups excluding carboxylic acids is 2. The summed E-state index contributed by atoms with van der Waals surface area (Å²) >= 11 is 6.10. The van der Waals surface area contributed by atoms with E-state index in [9.17, 15) is 9.59 Å². The number of anilines is 1. The lowest BCUT2D eigenvalue weighted by Gasteiger charge is -2.19. The van der Waals surface area contributed by atoms with Gasteiger partial charge in [-0.05, 0) is 25.5 Å². The van der Waals surface area contributed by atoms with Gasteiger partial charge in [0.1, 0.15) is 0 Å². The van der Waals surface area contributed by atoms with Crippen molar-refractivity contribution in [1.82, 2.24) is 5.32 Å². The fraction of sp³-hybridized carbons (Fsp3) is 0.467. The summed E-state index contributed by atoms with van der Waals surface area (Å²) in [6.45, 7) is 2.19. The van der Waals surface area contributed by atoms with Crippen LogP contribution in [0.15, 0.2) is 24.3 Å². The van der Waals surface area contributed by atoms with Crippen LogP contribution in [0.4, 0.5) is 5.69 Å². The van der Waals surface area contributed by atoms with Crippen LogP contribution in [0.2, 0.25) is 5.02 Å². The topological polar surface area (TPSA) is 69.6 Å². The van der Waals surface area contributed by atoms with Crippen molar-refractivity contribution in [1.29, 1.82) is 0 Å². The van der Waals surface area contributed by atoms with Gasteiger partial charge >= 0.3 is 0 Å². The highest BCUT2D eigenvalue weighted by molar-refractivity contribution is 6.33. The number of halogens is 1. The van der Waals surface area contributed by atoms with E-state index in [1.807, 2.05) is 13.0 Å². The van der Waals surface area contributed by atoms with Gasteiger partial charge in [0, 0.05) is 25.6 Å². The SMILES string of the molecule is C[C@H](CCO)NC(=O)C1CC(=O)N(c2ccccc2Cl)C1. The maximum atomic E-state index is 12.1. The van der Waals surface area contributed by atoms with Crippen molar-refractivity contribution in [2.75, 3.05) is 18.1 Å². The number of rotatable bonds is 5. The van der Waals surface area contributed by atoms with Gasteiger partial charge in [0.05, 0.1) is 16.6 Å². The highest BCUT2D eigenvalue weighted by atomic mass is 35.5. The predicted molar refractivity (Wildman–Crippen MR) is 81.2 cm³/mol. The number of aliphatic hydroxyl groups is 1. The van der Waals surface area contributed by atoms with E-state index >= 15 is 0 Å². The van der Waals surface area contributed by atoms with Gasteiger partial charge in [-0.25, -0.2) is 0 Å². The van der Waals surface area contributed by atoms with Gasteiger partial charge in [-0.15, -0.1) is 0 Å². The molecule has 2 amide bonds. The number of hydrogen-bond acceptors (Lipinski definition) is 3. The summed E-state index contributed by atoms with van der Waals surface area (Å²) < 4.78 is 0. The molecule has 0 saturated carbocycles. The van der Waals surface area contributed by atoms with Gasteiger partial charge in [0.25, 0.3) is 0 Å². The largest absolute Gasteiger partial charge is 0.396 e. The van der Waals surface area contributed by atoms with Gasteiger partial charge in [-0.3, -0.25) is 9.59 Å². The third kappa shape index (κ3) is 3.74. The van der Waals surface area contributed by atoms with Gasteiger partial charge in [0.15, 0.2) is 0 Å². The number of nitrogens with one attached hydrogen (secondary N) is 1. The van der Waals surface area contributed by atoms with Gasteiger partial charge in [0.2, 0.25) is 11.8 Å². The molecule has 0 aliphatic carbocycles. The van der Waals surface area contributed by atoms with Crippen LogP contribution in [-0.4, -0.2) is 36.1 Å². The van der Waals surface area contributed by atoms with Crippen molar-refractivity contribution in [2.24, 2.45) is 5.92 Å². The van der Waals surface area contributed by atoms with Crippen LogP contribution in [0.5, 0.6) is 0 Å². The zero-order chi connectivity index (χ0) is 15.4. The summed E-state index contributed by atoms with van der Waals surface area (Å²) in [6.07, 6.45) is 0.684. The van der Waals surface area contributed by atoms with E-state index in [1.165, 1.54) is 0 Å². The monoisotopic (exact) mass is 310 g/mol. The second-order valence-electron chi connectivity index (χ2n) is 5.28. The van der Waals surface area contributed by atoms with E-state index in [-0.39, 0.29) is 36.8 Å². The first-order valence-electron chi connectivity index (χ1n) is 6.99. The Labute approximate surface area is 128 Å². The van der Waals surface area contributed by atoms with E-state index in [0.29, 0.717) is 23.7 Å². The molecule has 2 atom stereocenters. The Hall–Kier alpha value is -1.59. The summed E-state index contributed by atoms with van der Waals surface area (Å²) in [7, 11) is 0. The molecule has 1 aliphatic heterocycles. The molecule has 2 rings (SSSR count). The molecular weight excluding hydrogens is 292 g/mol.